The molecule has 34 heavy (non-hydrogen) atoms. The number of unbranched alkanes of at least 4 members (excludes halogenated alkanes) is 17. The van der Waals surface area contributed by atoms with Crippen molar-refractivity contribution in [1.29, 1.82) is 0 Å². The molecule has 0 heterocycles. The summed E-state index contributed by atoms with van der Waals surface area (Å²) in [5, 5.41) is 0. The molecule has 0 unspecified atom stereocenters. The van der Waals surface area contributed by atoms with Crippen LogP contribution in [0.1, 0.15) is 155 Å². The van der Waals surface area contributed by atoms with Gasteiger partial charge in [0.25, 0.3) is 0 Å². The lowest BCUT2D eigenvalue weighted by atomic mass is 10.1. The van der Waals surface area contributed by atoms with E-state index < -0.39 is 0 Å². The van der Waals surface area contributed by atoms with Gasteiger partial charge in [-0.25, -0.2) is 0 Å². The van der Waals surface area contributed by atoms with Crippen molar-refractivity contribution in [2.24, 2.45) is 0 Å². The molecule has 0 saturated carbocycles. The lowest BCUT2D eigenvalue weighted by molar-refractivity contribution is 0.289. The van der Waals surface area contributed by atoms with Gasteiger partial charge in [-0.2, -0.15) is 0 Å². The summed E-state index contributed by atoms with van der Waals surface area (Å²) >= 11 is 0. The molecular weight excluding hydrogens is 416 g/mol. The molecule has 0 fully saturated rings. The van der Waals surface area contributed by atoms with Crippen molar-refractivity contribution < 1.29 is 9.47 Å². The Balaban J connectivity index is 2.24. The molecule has 0 N–H and O–H groups in total. The van der Waals surface area contributed by atoms with Crippen LogP contribution in [0.15, 0.2) is 18.2 Å². The zero-order chi connectivity index (χ0) is 24.5. The molecule has 0 atom stereocenters. The van der Waals surface area contributed by atoms with Crippen molar-refractivity contribution in [2.45, 2.75) is 156 Å². The van der Waals surface area contributed by atoms with Gasteiger partial charge in [0.05, 0.1) is 13.2 Å². The van der Waals surface area contributed by atoms with Gasteiger partial charge in [0.1, 0.15) is 11.5 Å². The zero-order valence-electron chi connectivity index (χ0n) is 23.3. The van der Waals surface area contributed by atoms with Gasteiger partial charge >= 0.3 is 0 Å². The summed E-state index contributed by atoms with van der Waals surface area (Å²) in [5.41, 5.74) is 1.36. The van der Waals surface area contributed by atoms with Crippen LogP contribution in [0.25, 0.3) is 0 Å². The normalized spacial score (nSPS) is 11.1. The standard InChI is InChI=1S/C32H58O2/c1-4-7-10-12-14-16-18-20-22-25-33-31-27-30(24-9-6-3)28-32(29-31)34-26-23-21-19-17-15-13-11-8-5-2/h27-29H,4-26H2,1-3H3. The Labute approximate surface area is 213 Å². The highest BCUT2D eigenvalue weighted by Gasteiger charge is 2.04. The van der Waals surface area contributed by atoms with Crippen LogP contribution in [-0.2, 0) is 6.42 Å². The molecule has 0 aliphatic carbocycles. The molecule has 0 aliphatic rings. The fourth-order valence-electron chi connectivity index (χ4n) is 4.53. The van der Waals surface area contributed by atoms with Gasteiger partial charge in [0.2, 0.25) is 0 Å². The monoisotopic (exact) mass is 474 g/mol. The van der Waals surface area contributed by atoms with Crippen LogP contribution in [0.5, 0.6) is 11.5 Å². The second-order valence-corrected chi connectivity index (χ2v) is 10.3. The smallest absolute Gasteiger partial charge is 0.123 e. The van der Waals surface area contributed by atoms with E-state index in [1.165, 1.54) is 121 Å². The highest BCUT2D eigenvalue weighted by molar-refractivity contribution is 5.38. The van der Waals surface area contributed by atoms with Crippen LogP contribution >= 0.6 is 0 Å². The molecule has 198 valence electrons. The van der Waals surface area contributed by atoms with Gasteiger partial charge in [-0.15, -0.1) is 0 Å². The molecule has 1 aromatic carbocycles. The minimum absolute atomic E-state index is 0.824. The highest BCUT2D eigenvalue weighted by atomic mass is 16.5. The highest BCUT2D eigenvalue weighted by Crippen LogP contribution is 2.25. The van der Waals surface area contributed by atoms with Gasteiger partial charge in [0, 0.05) is 6.07 Å². The molecule has 0 saturated heterocycles. The first-order valence-electron chi connectivity index (χ1n) is 15.2. The Bertz CT molecular complexity index is 512. The maximum atomic E-state index is 6.15. The second kappa shape index (κ2) is 23.6. The number of benzene rings is 1. The van der Waals surface area contributed by atoms with Gasteiger partial charge in [-0.1, -0.05) is 130 Å². The first-order chi connectivity index (χ1) is 16.8. The van der Waals surface area contributed by atoms with E-state index in [-0.39, 0.29) is 0 Å². The summed E-state index contributed by atoms with van der Waals surface area (Å²) in [6.45, 7) is 8.47. The summed E-state index contributed by atoms with van der Waals surface area (Å²) in [4.78, 5) is 0. The van der Waals surface area contributed by atoms with Crippen molar-refractivity contribution in [2.75, 3.05) is 13.2 Å². The summed E-state index contributed by atoms with van der Waals surface area (Å²) in [5.74, 6) is 1.99. The van der Waals surface area contributed by atoms with Crippen LogP contribution in [-0.4, -0.2) is 13.2 Å². The Morgan fingerprint density at radius 1 is 0.412 bits per heavy atom. The quantitative estimate of drug-likeness (QED) is 0.131. The molecule has 0 aliphatic heterocycles. The molecule has 0 bridgehead atoms. The second-order valence-electron chi connectivity index (χ2n) is 10.3. The third-order valence-corrected chi connectivity index (χ3v) is 6.79. The molecule has 0 aromatic heterocycles. The number of aryl methyl sites for hydroxylation is 1. The van der Waals surface area contributed by atoms with Crippen LogP contribution in [0, 0.1) is 0 Å². The van der Waals surface area contributed by atoms with E-state index in [2.05, 4.69) is 39.0 Å². The van der Waals surface area contributed by atoms with Crippen molar-refractivity contribution in [1.82, 2.24) is 0 Å². The third-order valence-electron chi connectivity index (χ3n) is 6.79. The first kappa shape index (κ1) is 30.9. The van der Waals surface area contributed by atoms with Gasteiger partial charge in [-0.3, -0.25) is 0 Å². The number of hydrogen-bond donors (Lipinski definition) is 0. The van der Waals surface area contributed by atoms with Crippen molar-refractivity contribution in [3.05, 3.63) is 23.8 Å². The Kier molecular flexibility index (Phi) is 21.4. The fourth-order valence-corrected chi connectivity index (χ4v) is 4.53. The maximum absolute atomic E-state index is 6.15. The molecule has 1 aromatic rings. The molecule has 2 nitrogen and oxygen atoms in total. The van der Waals surface area contributed by atoms with E-state index in [9.17, 15) is 0 Å². The SMILES string of the molecule is CCCCCCCCCCCOc1cc(CCCC)cc(OCCCCCCCCCCC)c1. The van der Waals surface area contributed by atoms with Crippen LogP contribution < -0.4 is 9.47 Å². The van der Waals surface area contributed by atoms with E-state index in [0.29, 0.717) is 0 Å². The van der Waals surface area contributed by atoms with E-state index in [1.54, 1.807) is 0 Å². The summed E-state index contributed by atoms with van der Waals surface area (Å²) < 4.78 is 12.3. The minimum Gasteiger partial charge on any atom is -0.493 e. The van der Waals surface area contributed by atoms with E-state index in [1.807, 2.05) is 0 Å². The molecule has 2 heteroatoms. The number of hydrogen-bond acceptors (Lipinski definition) is 2. The molecule has 0 radical (unpaired) electrons. The Morgan fingerprint density at radius 3 is 1.15 bits per heavy atom. The summed E-state index contributed by atoms with van der Waals surface area (Å²) in [7, 11) is 0. The minimum atomic E-state index is 0.824. The lowest BCUT2D eigenvalue weighted by Gasteiger charge is -2.13. The average Bonchev–Trinajstić information content (AvgIpc) is 2.85. The van der Waals surface area contributed by atoms with Crippen LogP contribution in [0.4, 0.5) is 0 Å². The predicted octanol–water partition coefficient (Wildman–Crippen LogP) is 10.8. The van der Waals surface area contributed by atoms with E-state index >= 15 is 0 Å². The molecule has 0 amide bonds. The first-order valence-corrected chi connectivity index (χ1v) is 15.2. The maximum Gasteiger partial charge on any atom is 0.123 e. The lowest BCUT2D eigenvalue weighted by Crippen LogP contribution is -2.01. The summed E-state index contributed by atoms with van der Waals surface area (Å²) in [6, 6.07) is 6.57. The topological polar surface area (TPSA) is 18.5 Å². The largest absolute Gasteiger partial charge is 0.493 e. The average molecular weight is 475 g/mol. The van der Waals surface area contributed by atoms with Crippen LogP contribution in [0.2, 0.25) is 0 Å². The third kappa shape index (κ3) is 18.2. The predicted molar refractivity (Wildman–Crippen MR) is 150 cm³/mol. The zero-order valence-corrected chi connectivity index (χ0v) is 23.3. The van der Waals surface area contributed by atoms with Gasteiger partial charge in [0.15, 0.2) is 0 Å². The van der Waals surface area contributed by atoms with E-state index in [0.717, 1.165) is 44.0 Å². The van der Waals surface area contributed by atoms with Crippen molar-refractivity contribution in [3.63, 3.8) is 0 Å². The number of ether oxygens (including phenoxy) is 2. The van der Waals surface area contributed by atoms with E-state index in [4.69, 9.17) is 9.47 Å². The summed E-state index contributed by atoms with van der Waals surface area (Å²) in [6.07, 6.45) is 27.8. The molecular formula is C32H58O2. The Hall–Kier alpha value is -1.18. The van der Waals surface area contributed by atoms with Gasteiger partial charge < -0.3 is 9.47 Å². The molecule has 0 spiro atoms. The Morgan fingerprint density at radius 2 is 0.765 bits per heavy atom. The molecule has 1 rings (SSSR count). The number of rotatable bonds is 25. The van der Waals surface area contributed by atoms with Crippen molar-refractivity contribution in [3.8, 4) is 11.5 Å². The van der Waals surface area contributed by atoms with Crippen molar-refractivity contribution >= 4 is 0 Å². The fraction of sp³-hybridized carbons (Fsp3) is 0.812. The van der Waals surface area contributed by atoms with Gasteiger partial charge in [-0.05, 0) is 43.4 Å². The van der Waals surface area contributed by atoms with Crippen LogP contribution in [0.3, 0.4) is 0 Å².